The van der Waals surface area contributed by atoms with Gasteiger partial charge in [-0.05, 0) is 46.6 Å². The minimum Gasteiger partial charge on any atom is -0.460 e. The first kappa shape index (κ1) is 25.2. The number of carbonyl (C=O) groups is 1. The van der Waals surface area contributed by atoms with Crippen molar-refractivity contribution >= 4 is 5.97 Å². The highest BCUT2D eigenvalue weighted by Gasteiger charge is 2.25. The van der Waals surface area contributed by atoms with Crippen LogP contribution in [0.25, 0.3) is 0 Å². The van der Waals surface area contributed by atoms with Crippen molar-refractivity contribution in [2.45, 2.75) is 78.6 Å². The molecule has 4 heteroatoms. The molecule has 0 spiro atoms. The van der Waals surface area contributed by atoms with Crippen LogP contribution in [0.4, 0.5) is 0 Å². The Bertz CT molecular complexity index is 536. The van der Waals surface area contributed by atoms with Crippen molar-refractivity contribution in [2.24, 2.45) is 0 Å². The summed E-state index contributed by atoms with van der Waals surface area (Å²) in [6.45, 7) is 20.5. The normalized spacial score (nSPS) is 15.1. The SMILES string of the molecule is C=C/C=C\C/C(=C(\C=C)CC(=O)OC(C)(C)C)N(CC)C(C)C(CC)OC. The molecule has 0 aromatic heterocycles. The number of methoxy groups -OCH3 is 1. The average molecular weight is 378 g/mol. The van der Waals surface area contributed by atoms with Crippen LogP contribution in [0.15, 0.2) is 48.7 Å². The van der Waals surface area contributed by atoms with Crippen molar-refractivity contribution in [1.29, 1.82) is 0 Å². The van der Waals surface area contributed by atoms with Crippen LogP contribution < -0.4 is 0 Å². The topological polar surface area (TPSA) is 38.8 Å². The summed E-state index contributed by atoms with van der Waals surface area (Å²) in [4.78, 5) is 14.7. The summed E-state index contributed by atoms with van der Waals surface area (Å²) in [5, 5.41) is 0. The summed E-state index contributed by atoms with van der Waals surface area (Å²) < 4.78 is 11.2. The summed E-state index contributed by atoms with van der Waals surface area (Å²) in [7, 11) is 1.74. The van der Waals surface area contributed by atoms with Crippen molar-refractivity contribution in [2.75, 3.05) is 13.7 Å². The van der Waals surface area contributed by atoms with Crippen LogP contribution in [-0.2, 0) is 14.3 Å². The van der Waals surface area contributed by atoms with E-state index in [1.807, 2.05) is 32.9 Å². The van der Waals surface area contributed by atoms with Crippen molar-refractivity contribution in [3.8, 4) is 0 Å². The van der Waals surface area contributed by atoms with Gasteiger partial charge in [0.15, 0.2) is 0 Å². The van der Waals surface area contributed by atoms with E-state index in [9.17, 15) is 4.79 Å². The number of nitrogens with zero attached hydrogens (tertiary/aromatic N) is 1. The molecule has 0 saturated carbocycles. The zero-order chi connectivity index (χ0) is 21.0. The van der Waals surface area contributed by atoms with Gasteiger partial charge in [-0.3, -0.25) is 4.79 Å². The first-order chi connectivity index (χ1) is 12.6. The van der Waals surface area contributed by atoms with Crippen molar-refractivity contribution in [1.82, 2.24) is 4.90 Å². The lowest BCUT2D eigenvalue weighted by Gasteiger charge is -2.37. The summed E-state index contributed by atoms with van der Waals surface area (Å²) >= 11 is 0. The maximum Gasteiger partial charge on any atom is 0.310 e. The lowest BCUT2D eigenvalue weighted by atomic mass is 10.0. The van der Waals surface area contributed by atoms with Gasteiger partial charge in [0.25, 0.3) is 0 Å². The third kappa shape index (κ3) is 9.09. The lowest BCUT2D eigenvalue weighted by Crippen LogP contribution is -2.42. The van der Waals surface area contributed by atoms with Gasteiger partial charge in [0.2, 0.25) is 0 Å². The summed E-state index contributed by atoms with van der Waals surface area (Å²) in [6.07, 6.45) is 9.40. The fourth-order valence-electron chi connectivity index (χ4n) is 3.16. The van der Waals surface area contributed by atoms with E-state index < -0.39 is 5.60 Å². The van der Waals surface area contributed by atoms with Gasteiger partial charge in [-0.15, -0.1) is 0 Å². The smallest absolute Gasteiger partial charge is 0.310 e. The van der Waals surface area contributed by atoms with Gasteiger partial charge in [0.1, 0.15) is 5.60 Å². The second-order valence-corrected chi connectivity index (χ2v) is 7.52. The van der Waals surface area contributed by atoms with Gasteiger partial charge in [-0.2, -0.15) is 0 Å². The predicted octanol–water partition coefficient (Wildman–Crippen LogP) is 5.43. The molecule has 0 aliphatic heterocycles. The van der Waals surface area contributed by atoms with E-state index in [4.69, 9.17) is 9.47 Å². The summed E-state index contributed by atoms with van der Waals surface area (Å²) in [5.74, 6) is -0.245. The zero-order valence-electron chi connectivity index (χ0n) is 18.4. The van der Waals surface area contributed by atoms with Crippen LogP contribution in [0.1, 0.15) is 60.8 Å². The predicted molar refractivity (Wildman–Crippen MR) is 115 cm³/mol. The van der Waals surface area contributed by atoms with Gasteiger partial charge < -0.3 is 14.4 Å². The molecule has 0 bridgehead atoms. The molecule has 0 radical (unpaired) electrons. The molecule has 2 unspecified atom stereocenters. The van der Waals surface area contributed by atoms with Gasteiger partial charge >= 0.3 is 5.97 Å². The van der Waals surface area contributed by atoms with Crippen molar-refractivity contribution in [3.05, 3.63) is 48.7 Å². The van der Waals surface area contributed by atoms with E-state index in [1.165, 1.54) is 0 Å². The molecule has 0 heterocycles. The molecule has 0 aliphatic rings. The number of esters is 1. The molecule has 154 valence electrons. The molecule has 0 rings (SSSR count). The van der Waals surface area contributed by atoms with E-state index in [-0.39, 0.29) is 24.5 Å². The molecule has 0 fully saturated rings. The number of ether oxygens (including phenoxy) is 2. The van der Waals surface area contributed by atoms with Crippen LogP contribution in [-0.4, -0.2) is 42.3 Å². The number of carbonyl (C=O) groups excluding carboxylic acids is 1. The quantitative estimate of drug-likeness (QED) is 0.336. The number of allylic oxidation sites excluding steroid dienone is 4. The third-order valence-corrected chi connectivity index (χ3v) is 4.38. The standard InChI is InChI=1S/C23H39NO3/c1-10-14-15-16-20(24(13-4)18(5)21(12-3)26-9)19(11-2)17-22(25)27-23(6,7)8/h10-11,14-15,18,21H,1-2,12-13,16-17H2,3-9H3/b15-14-,20-19-. The Morgan fingerprint density at radius 1 is 1.22 bits per heavy atom. The Morgan fingerprint density at radius 3 is 2.26 bits per heavy atom. The number of hydrogen-bond donors (Lipinski definition) is 0. The number of hydrogen-bond acceptors (Lipinski definition) is 4. The summed E-state index contributed by atoms with van der Waals surface area (Å²) in [6, 6.07) is 0.172. The second kappa shape index (κ2) is 12.6. The van der Waals surface area contributed by atoms with E-state index >= 15 is 0 Å². The molecule has 0 N–H and O–H groups in total. The van der Waals surface area contributed by atoms with E-state index in [1.54, 1.807) is 19.3 Å². The number of rotatable bonds is 12. The summed E-state index contributed by atoms with van der Waals surface area (Å²) in [5.41, 5.74) is 1.45. The molecule has 0 aromatic carbocycles. The average Bonchev–Trinajstić information content (AvgIpc) is 2.58. The fourth-order valence-corrected chi connectivity index (χ4v) is 3.16. The van der Waals surface area contributed by atoms with Crippen LogP contribution >= 0.6 is 0 Å². The highest BCUT2D eigenvalue weighted by Crippen LogP contribution is 2.25. The van der Waals surface area contributed by atoms with Gasteiger partial charge in [-0.25, -0.2) is 0 Å². The highest BCUT2D eigenvalue weighted by atomic mass is 16.6. The lowest BCUT2D eigenvalue weighted by molar-refractivity contribution is -0.153. The number of likely N-dealkylation sites (N-methyl/N-ethyl adjacent to an activating group) is 1. The molecule has 27 heavy (non-hydrogen) atoms. The Hall–Kier alpha value is -1.81. The Morgan fingerprint density at radius 2 is 1.85 bits per heavy atom. The van der Waals surface area contributed by atoms with Crippen molar-refractivity contribution in [3.63, 3.8) is 0 Å². The first-order valence-electron chi connectivity index (χ1n) is 9.78. The maximum atomic E-state index is 12.4. The first-order valence-corrected chi connectivity index (χ1v) is 9.78. The van der Waals surface area contributed by atoms with E-state index in [0.29, 0.717) is 6.42 Å². The monoisotopic (exact) mass is 377 g/mol. The minimum atomic E-state index is -0.507. The molecule has 2 atom stereocenters. The third-order valence-electron chi connectivity index (χ3n) is 4.38. The van der Waals surface area contributed by atoms with Crippen LogP contribution in [0, 0.1) is 0 Å². The molecular formula is C23H39NO3. The highest BCUT2D eigenvalue weighted by molar-refractivity contribution is 5.74. The van der Waals surface area contributed by atoms with Crippen LogP contribution in [0.5, 0.6) is 0 Å². The maximum absolute atomic E-state index is 12.4. The zero-order valence-corrected chi connectivity index (χ0v) is 18.4. The molecule has 0 saturated heterocycles. The van der Waals surface area contributed by atoms with Crippen molar-refractivity contribution < 1.29 is 14.3 Å². The Kier molecular flexibility index (Phi) is 11.7. The van der Waals surface area contributed by atoms with Crippen LogP contribution in [0.2, 0.25) is 0 Å². The van der Waals surface area contributed by atoms with Crippen LogP contribution in [0.3, 0.4) is 0 Å². The molecular weight excluding hydrogens is 338 g/mol. The second-order valence-electron chi connectivity index (χ2n) is 7.52. The molecule has 0 aliphatic carbocycles. The fraction of sp³-hybridized carbons (Fsp3) is 0.609. The van der Waals surface area contributed by atoms with E-state index in [2.05, 4.69) is 38.8 Å². The largest absolute Gasteiger partial charge is 0.460 e. The van der Waals surface area contributed by atoms with Gasteiger partial charge in [-0.1, -0.05) is 44.4 Å². The minimum absolute atomic E-state index is 0.107. The van der Waals surface area contributed by atoms with Gasteiger partial charge in [0, 0.05) is 25.8 Å². The molecule has 4 nitrogen and oxygen atoms in total. The Labute approximate surface area is 166 Å². The Balaban J connectivity index is 5.92. The van der Waals surface area contributed by atoms with E-state index in [0.717, 1.165) is 24.2 Å². The molecule has 0 aromatic rings. The van der Waals surface area contributed by atoms with Gasteiger partial charge in [0.05, 0.1) is 18.6 Å². The molecule has 0 amide bonds.